The highest BCUT2D eigenvalue weighted by molar-refractivity contribution is 7.91. The van der Waals surface area contributed by atoms with Crippen LogP contribution in [0.15, 0.2) is 35.7 Å². The van der Waals surface area contributed by atoms with Crippen molar-refractivity contribution in [1.29, 1.82) is 0 Å². The predicted molar refractivity (Wildman–Crippen MR) is 72.6 cm³/mol. The van der Waals surface area contributed by atoms with E-state index < -0.39 is 37.8 Å². The van der Waals surface area contributed by atoms with Gasteiger partial charge in [0.2, 0.25) is 0 Å². The Bertz CT molecular complexity index is 775. The molecule has 0 saturated carbocycles. The molecule has 0 spiro atoms. The molecule has 21 heavy (non-hydrogen) atoms. The van der Waals surface area contributed by atoms with Gasteiger partial charge in [-0.05, 0) is 12.1 Å². The lowest BCUT2D eigenvalue weighted by Crippen LogP contribution is -2.15. The van der Waals surface area contributed by atoms with Crippen LogP contribution in [0.25, 0.3) is 0 Å². The fraction of sp³-hybridized carbons (Fsp3) is 0.167. The number of aryl methyl sites for hydroxylation is 1. The quantitative estimate of drug-likeness (QED) is 0.902. The molecule has 0 atom stereocenters. The van der Waals surface area contributed by atoms with E-state index in [1.165, 1.54) is 17.1 Å². The van der Waals surface area contributed by atoms with Crippen LogP contribution in [0.4, 0.5) is 4.39 Å². The molecule has 0 aliphatic heterocycles. The van der Waals surface area contributed by atoms with Crippen molar-refractivity contribution in [3.63, 3.8) is 0 Å². The number of halogens is 2. The molecular weight excluding hydrogens is 323 g/mol. The van der Waals surface area contributed by atoms with Gasteiger partial charge in [0.1, 0.15) is 4.90 Å². The van der Waals surface area contributed by atoms with Crippen LogP contribution < -0.4 is 0 Å². The first kappa shape index (κ1) is 15.5. The van der Waals surface area contributed by atoms with Crippen molar-refractivity contribution < 1.29 is 22.7 Å². The summed E-state index contributed by atoms with van der Waals surface area (Å²) in [5.41, 5.74) is -0.774. The zero-order chi connectivity index (χ0) is 15.6. The van der Waals surface area contributed by atoms with Crippen LogP contribution in [-0.2, 0) is 16.4 Å². The van der Waals surface area contributed by atoms with Gasteiger partial charge in [-0.2, -0.15) is 0 Å². The lowest BCUT2D eigenvalue weighted by molar-refractivity contribution is 0.0691. The van der Waals surface area contributed by atoms with Crippen LogP contribution in [0.5, 0.6) is 0 Å². The normalized spacial score (nSPS) is 11.5. The minimum absolute atomic E-state index is 0.0662. The molecule has 2 rings (SSSR count). The summed E-state index contributed by atoms with van der Waals surface area (Å²) in [5.74, 6) is -3.29. The summed E-state index contributed by atoms with van der Waals surface area (Å²) >= 11 is 5.66. The molecule has 1 aromatic heterocycles. The van der Waals surface area contributed by atoms with E-state index in [2.05, 4.69) is 4.98 Å². The highest BCUT2D eigenvalue weighted by atomic mass is 35.5. The summed E-state index contributed by atoms with van der Waals surface area (Å²) in [4.78, 5) is 13.9. The maximum absolute atomic E-state index is 14.0. The van der Waals surface area contributed by atoms with Crippen molar-refractivity contribution in [2.24, 2.45) is 0 Å². The molecule has 1 aromatic carbocycles. The van der Waals surface area contributed by atoms with Crippen molar-refractivity contribution in [3.05, 3.63) is 47.3 Å². The molecule has 0 fully saturated rings. The van der Waals surface area contributed by atoms with Gasteiger partial charge in [0, 0.05) is 24.0 Å². The van der Waals surface area contributed by atoms with E-state index in [9.17, 15) is 17.6 Å². The Hall–Kier alpha value is -1.93. The Morgan fingerprint density at radius 1 is 1.43 bits per heavy atom. The maximum atomic E-state index is 14.0. The van der Waals surface area contributed by atoms with Crippen LogP contribution in [0, 0.1) is 5.82 Å². The Morgan fingerprint density at radius 3 is 2.71 bits per heavy atom. The van der Waals surface area contributed by atoms with Crippen LogP contribution >= 0.6 is 11.6 Å². The number of rotatable bonds is 5. The number of carbonyl (C=O) groups is 1. The average Bonchev–Trinajstić information content (AvgIpc) is 2.91. The molecule has 0 amide bonds. The van der Waals surface area contributed by atoms with Gasteiger partial charge in [-0.25, -0.2) is 22.6 Å². The topological polar surface area (TPSA) is 89.3 Å². The predicted octanol–water partition coefficient (Wildman–Crippen LogP) is 1.85. The van der Waals surface area contributed by atoms with Gasteiger partial charge >= 0.3 is 5.97 Å². The minimum Gasteiger partial charge on any atom is -0.478 e. The zero-order valence-corrected chi connectivity index (χ0v) is 12.1. The van der Waals surface area contributed by atoms with Crippen molar-refractivity contribution in [2.75, 3.05) is 5.75 Å². The molecule has 0 unspecified atom stereocenters. The molecule has 1 heterocycles. The minimum atomic E-state index is -4.02. The fourth-order valence-corrected chi connectivity index (χ4v) is 3.34. The number of nitrogens with zero attached hydrogens (tertiary/aromatic N) is 2. The number of benzene rings is 1. The van der Waals surface area contributed by atoms with Crippen LogP contribution in [0.2, 0.25) is 5.02 Å². The number of carboxylic acids is 1. The molecular formula is C12H10ClFN2O4S. The van der Waals surface area contributed by atoms with E-state index in [1.54, 1.807) is 6.20 Å². The first-order chi connectivity index (χ1) is 9.81. The molecule has 0 aliphatic rings. The first-order valence-corrected chi connectivity index (χ1v) is 7.75. The van der Waals surface area contributed by atoms with E-state index in [0.717, 1.165) is 12.1 Å². The molecule has 9 heteroatoms. The Kier molecular flexibility index (Phi) is 4.29. The van der Waals surface area contributed by atoms with Crippen molar-refractivity contribution in [1.82, 2.24) is 9.55 Å². The number of sulfone groups is 1. The van der Waals surface area contributed by atoms with Crippen molar-refractivity contribution >= 4 is 27.4 Å². The second-order valence-corrected chi connectivity index (χ2v) is 6.70. The van der Waals surface area contributed by atoms with Gasteiger partial charge in [-0.1, -0.05) is 11.6 Å². The third-order valence-corrected chi connectivity index (χ3v) is 4.65. The monoisotopic (exact) mass is 332 g/mol. The highest BCUT2D eigenvalue weighted by Crippen LogP contribution is 2.25. The maximum Gasteiger partial charge on any atom is 0.338 e. The number of hydrogen-bond donors (Lipinski definition) is 1. The van der Waals surface area contributed by atoms with Crippen molar-refractivity contribution in [2.45, 2.75) is 11.4 Å². The van der Waals surface area contributed by atoms with Crippen LogP contribution in [-0.4, -0.2) is 34.8 Å². The molecule has 112 valence electrons. The molecule has 1 N–H and O–H groups in total. The van der Waals surface area contributed by atoms with Gasteiger partial charge in [0.05, 0.1) is 17.6 Å². The van der Waals surface area contributed by atoms with Crippen LogP contribution in [0.1, 0.15) is 10.4 Å². The smallest absolute Gasteiger partial charge is 0.338 e. The fourth-order valence-electron chi connectivity index (χ4n) is 1.70. The summed E-state index contributed by atoms with van der Waals surface area (Å²) in [7, 11) is -4.02. The highest BCUT2D eigenvalue weighted by Gasteiger charge is 2.25. The third kappa shape index (κ3) is 3.40. The van der Waals surface area contributed by atoms with Crippen molar-refractivity contribution in [3.8, 4) is 0 Å². The van der Waals surface area contributed by atoms with E-state index >= 15 is 0 Å². The Morgan fingerprint density at radius 2 is 2.14 bits per heavy atom. The van der Waals surface area contributed by atoms with Gasteiger partial charge < -0.3 is 9.67 Å². The van der Waals surface area contributed by atoms with E-state index in [4.69, 9.17) is 16.7 Å². The van der Waals surface area contributed by atoms with E-state index in [1.807, 2.05) is 0 Å². The molecule has 6 nitrogen and oxygen atoms in total. The largest absolute Gasteiger partial charge is 0.478 e. The molecule has 0 radical (unpaired) electrons. The second-order valence-electron chi connectivity index (χ2n) is 4.19. The SMILES string of the molecule is O=C(O)c1cc(Cl)cc(S(=O)(=O)CCn2ccnc2)c1F. The van der Waals surface area contributed by atoms with Gasteiger partial charge in [-0.15, -0.1) is 0 Å². The number of hydrogen-bond acceptors (Lipinski definition) is 4. The molecule has 0 aliphatic carbocycles. The van der Waals surface area contributed by atoms with Crippen LogP contribution in [0.3, 0.4) is 0 Å². The molecule has 2 aromatic rings. The summed E-state index contributed by atoms with van der Waals surface area (Å²) in [6.07, 6.45) is 4.47. The molecule has 0 bridgehead atoms. The zero-order valence-electron chi connectivity index (χ0n) is 10.5. The molecule has 0 saturated heterocycles. The summed E-state index contributed by atoms with van der Waals surface area (Å²) in [6, 6.07) is 1.78. The van der Waals surface area contributed by atoms with Gasteiger partial charge in [0.25, 0.3) is 0 Å². The third-order valence-electron chi connectivity index (χ3n) is 2.75. The Balaban J connectivity index is 2.37. The lowest BCUT2D eigenvalue weighted by Gasteiger charge is -2.09. The summed E-state index contributed by atoms with van der Waals surface area (Å²) in [5, 5.41) is 8.70. The average molecular weight is 333 g/mol. The van der Waals surface area contributed by atoms with E-state index in [0.29, 0.717) is 0 Å². The van der Waals surface area contributed by atoms with E-state index in [-0.39, 0.29) is 11.6 Å². The summed E-state index contributed by atoms with van der Waals surface area (Å²) < 4.78 is 39.8. The van der Waals surface area contributed by atoms with Gasteiger partial charge in [-0.3, -0.25) is 0 Å². The standard InChI is InChI=1S/C12H10ClFN2O4S/c13-8-5-9(12(17)18)11(14)10(6-8)21(19,20)4-3-16-2-1-15-7-16/h1-2,5-7H,3-4H2,(H,17,18). The lowest BCUT2D eigenvalue weighted by atomic mass is 10.2. The number of aromatic nitrogens is 2. The van der Waals surface area contributed by atoms with Gasteiger partial charge in [0.15, 0.2) is 15.7 Å². The number of carboxylic acid groups (broad SMARTS) is 1. The Labute approximate surface area is 124 Å². The summed E-state index contributed by atoms with van der Waals surface area (Å²) in [6.45, 7) is 0.0662. The first-order valence-electron chi connectivity index (χ1n) is 5.72. The second kappa shape index (κ2) is 5.82. The number of imidazole rings is 1. The number of aromatic carboxylic acids is 1.